The Hall–Kier alpha value is -3.32. The lowest BCUT2D eigenvalue weighted by Gasteiger charge is -2.21. The van der Waals surface area contributed by atoms with Crippen molar-refractivity contribution in [2.24, 2.45) is 11.5 Å². The van der Waals surface area contributed by atoms with E-state index in [1.54, 1.807) is 11.0 Å². The van der Waals surface area contributed by atoms with E-state index in [2.05, 4.69) is 25.3 Å². The number of nitrogens with two attached hydrogens (primary N) is 2. The number of carbonyl (C=O) groups is 1. The Labute approximate surface area is 132 Å². The minimum Gasteiger partial charge on any atom is -0.368 e. The van der Waals surface area contributed by atoms with E-state index >= 15 is 0 Å². The van der Waals surface area contributed by atoms with Crippen LogP contribution in [0, 0.1) is 11.3 Å². The summed E-state index contributed by atoms with van der Waals surface area (Å²) in [7, 11) is 0. The molecule has 2 aromatic rings. The number of nitriles is 1. The molecule has 23 heavy (non-hydrogen) atoms. The molecular weight excluding hydrogens is 298 g/mol. The van der Waals surface area contributed by atoms with Crippen molar-refractivity contribution >= 4 is 23.4 Å². The van der Waals surface area contributed by atoms with E-state index in [1.807, 2.05) is 6.07 Å². The lowest BCUT2D eigenvalue weighted by molar-refractivity contribution is -0.116. The standard InChI is InChI=1S/C13H15N9O/c14-1-2-22(7-10(16)23)13-3-11(19-8-20-13)21-12-6-17-9(4-15)5-18-12/h3,5-6,8H,1-2,7,14H2,(H2,16,23)(H,18,19,20,21). The number of primary amides is 1. The van der Waals surface area contributed by atoms with Gasteiger partial charge in [0.15, 0.2) is 5.69 Å². The second kappa shape index (κ2) is 7.62. The normalized spacial score (nSPS) is 9.91. The first-order valence-electron chi connectivity index (χ1n) is 6.67. The van der Waals surface area contributed by atoms with Crippen LogP contribution in [0.3, 0.4) is 0 Å². The van der Waals surface area contributed by atoms with E-state index in [1.165, 1.54) is 18.7 Å². The number of amides is 1. The molecule has 10 nitrogen and oxygen atoms in total. The lowest BCUT2D eigenvalue weighted by atomic mass is 10.4. The van der Waals surface area contributed by atoms with E-state index in [9.17, 15) is 4.79 Å². The first kappa shape index (κ1) is 16.1. The molecule has 2 aromatic heterocycles. The monoisotopic (exact) mass is 313 g/mol. The molecular formula is C13H15N9O. The Balaban J connectivity index is 2.17. The number of rotatable bonds is 7. The molecule has 0 saturated heterocycles. The van der Waals surface area contributed by atoms with Gasteiger partial charge in [0.2, 0.25) is 5.91 Å². The minimum absolute atomic E-state index is 0.00429. The van der Waals surface area contributed by atoms with Gasteiger partial charge in [0, 0.05) is 19.2 Å². The summed E-state index contributed by atoms with van der Waals surface area (Å²) in [6, 6.07) is 3.52. The molecule has 0 saturated carbocycles. The van der Waals surface area contributed by atoms with Crippen LogP contribution >= 0.6 is 0 Å². The molecule has 0 aromatic carbocycles. The highest BCUT2D eigenvalue weighted by molar-refractivity contribution is 5.79. The molecule has 2 heterocycles. The highest BCUT2D eigenvalue weighted by atomic mass is 16.1. The minimum atomic E-state index is -0.482. The molecule has 10 heteroatoms. The fourth-order valence-electron chi connectivity index (χ4n) is 1.79. The SMILES string of the molecule is N#Cc1cnc(Nc2cc(N(CCN)CC(N)=O)ncn2)cn1. The molecule has 0 radical (unpaired) electrons. The van der Waals surface area contributed by atoms with Crippen LogP contribution in [0.25, 0.3) is 0 Å². The summed E-state index contributed by atoms with van der Waals surface area (Å²) >= 11 is 0. The molecule has 0 aliphatic rings. The first-order valence-corrected chi connectivity index (χ1v) is 6.67. The van der Waals surface area contributed by atoms with Crippen LogP contribution < -0.4 is 21.7 Å². The van der Waals surface area contributed by atoms with Crippen molar-refractivity contribution in [3.05, 3.63) is 30.5 Å². The van der Waals surface area contributed by atoms with Crippen molar-refractivity contribution in [3.63, 3.8) is 0 Å². The fourth-order valence-corrected chi connectivity index (χ4v) is 1.79. The Morgan fingerprint density at radius 3 is 2.70 bits per heavy atom. The Kier molecular flexibility index (Phi) is 5.32. The quantitative estimate of drug-likeness (QED) is 0.590. The molecule has 0 spiro atoms. The third-order valence-corrected chi connectivity index (χ3v) is 2.74. The smallest absolute Gasteiger partial charge is 0.236 e. The molecule has 0 bridgehead atoms. The summed E-state index contributed by atoms with van der Waals surface area (Å²) in [6.07, 6.45) is 4.11. The highest BCUT2D eigenvalue weighted by Crippen LogP contribution is 2.16. The summed E-state index contributed by atoms with van der Waals surface area (Å²) in [5.74, 6) is 0.910. The maximum absolute atomic E-state index is 11.1. The van der Waals surface area contributed by atoms with Gasteiger partial charge < -0.3 is 21.7 Å². The number of hydrogen-bond acceptors (Lipinski definition) is 9. The molecule has 2 rings (SSSR count). The van der Waals surface area contributed by atoms with Gasteiger partial charge in [0.1, 0.15) is 29.9 Å². The van der Waals surface area contributed by atoms with Crippen molar-refractivity contribution in [2.75, 3.05) is 29.9 Å². The summed E-state index contributed by atoms with van der Waals surface area (Å²) in [5, 5.41) is 11.6. The first-order chi connectivity index (χ1) is 11.1. The van der Waals surface area contributed by atoms with Gasteiger partial charge in [0.25, 0.3) is 0 Å². The number of nitrogens with one attached hydrogen (secondary N) is 1. The number of nitrogens with zero attached hydrogens (tertiary/aromatic N) is 6. The van der Waals surface area contributed by atoms with Gasteiger partial charge in [-0.2, -0.15) is 5.26 Å². The van der Waals surface area contributed by atoms with Gasteiger partial charge in [-0.05, 0) is 0 Å². The third kappa shape index (κ3) is 4.58. The fraction of sp³-hybridized carbons (Fsp3) is 0.231. The third-order valence-electron chi connectivity index (χ3n) is 2.74. The number of anilines is 3. The topological polar surface area (TPSA) is 160 Å². The van der Waals surface area contributed by atoms with Crippen LogP contribution in [-0.4, -0.2) is 45.5 Å². The Morgan fingerprint density at radius 2 is 2.09 bits per heavy atom. The van der Waals surface area contributed by atoms with Gasteiger partial charge in [-0.25, -0.2) is 19.9 Å². The van der Waals surface area contributed by atoms with E-state index in [-0.39, 0.29) is 12.2 Å². The van der Waals surface area contributed by atoms with Gasteiger partial charge in [0.05, 0.1) is 18.9 Å². The number of aromatic nitrogens is 4. The summed E-state index contributed by atoms with van der Waals surface area (Å²) < 4.78 is 0. The van der Waals surface area contributed by atoms with Crippen molar-refractivity contribution in [3.8, 4) is 6.07 Å². The second-order valence-corrected chi connectivity index (χ2v) is 4.46. The summed E-state index contributed by atoms with van der Waals surface area (Å²) in [4.78, 5) is 28.9. The number of carbonyl (C=O) groups excluding carboxylic acids is 1. The number of hydrogen-bond donors (Lipinski definition) is 3. The lowest BCUT2D eigenvalue weighted by Crippen LogP contribution is -2.37. The van der Waals surface area contributed by atoms with E-state index < -0.39 is 5.91 Å². The van der Waals surface area contributed by atoms with Gasteiger partial charge in [-0.1, -0.05) is 0 Å². The molecule has 0 aliphatic heterocycles. The average molecular weight is 313 g/mol. The van der Waals surface area contributed by atoms with Crippen molar-refractivity contribution < 1.29 is 4.79 Å². The molecule has 5 N–H and O–H groups in total. The molecule has 0 atom stereocenters. The molecule has 118 valence electrons. The molecule has 0 aliphatic carbocycles. The van der Waals surface area contributed by atoms with Gasteiger partial charge in [-0.3, -0.25) is 4.79 Å². The highest BCUT2D eigenvalue weighted by Gasteiger charge is 2.11. The zero-order valence-corrected chi connectivity index (χ0v) is 12.2. The average Bonchev–Trinajstić information content (AvgIpc) is 2.55. The van der Waals surface area contributed by atoms with Crippen LogP contribution in [-0.2, 0) is 4.79 Å². The predicted octanol–water partition coefficient (Wildman–Crippen LogP) is -0.868. The molecule has 0 fully saturated rings. The second-order valence-electron chi connectivity index (χ2n) is 4.46. The largest absolute Gasteiger partial charge is 0.368 e. The van der Waals surface area contributed by atoms with Crippen LogP contribution in [0.2, 0.25) is 0 Å². The van der Waals surface area contributed by atoms with E-state index in [4.69, 9.17) is 16.7 Å². The zero-order valence-electron chi connectivity index (χ0n) is 12.2. The Bertz CT molecular complexity index is 710. The van der Waals surface area contributed by atoms with Crippen LogP contribution in [0.15, 0.2) is 24.8 Å². The zero-order chi connectivity index (χ0) is 16.7. The van der Waals surface area contributed by atoms with Crippen LogP contribution in [0.1, 0.15) is 5.69 Å². The van der Waals surface area contributed by atoms with Gasteiger partial charge in [-0.15, -0.1) is 0 Å². The van der Waals surface area contributed by atoms with Crippen molar-refractivity contribution in [1.82, 2.24) is 19.9 Å². The maximum Gasteiger partial charge on any atom is 0.236 e. The summed E-state index contributed by atoms with van der Waals surface area (Å²) in [6.45, 7) is 0.779. The molecule has 0 unspecified atom stereocenters. The van der Waals surface area contributed by atoms with Crippen molar-refractivity contribution in [1.29, 1.82) is 5.26 Å². The predicted molar refractivity (Wildman–Crippen MR) is 82.5 cm³/mol. The molecule has 1 amide bonds. The Morgan fingerprint density at radius 1 is 1.26 bits per heavy atom. The van der Waals surface area contributed by atoms with Crippen LogP contribution in [0.4, 0.5) is 17.5 Å². The maximum atomic E-state index is 11.1. The van der Waals surface area contributed by atoms with Crippen molar-refractivity contribution in [2.45, 2.75) is 0 Å². The van der Waals surface area contributed by atoms with E-state index in [0.717, 1.165) is 0 Å². The van der Waals surface area contributed by atoms with Gasteiger partial charge >= 0.3 is 0 Å². The van der Waals surface area contributed by atoms with Crippen LogP contribution in [0.5, 0.6) is 0 Å². The summed E-state index contributed by atoms with van der Waals surface area (Å²) in [5.41, 5.74) is 11.0. The van der Waals surface area contributed by atoms with E-state index in [0.29, 0.717) is 30.5 Å².